The fourth-order valence-electron chi connectivity index (χ4n) is 2.96. The van der Waals surface area contributed by atoms with Gasteiger partial charge in [-0.25, -0.2) is 4.98 Å². The second-order valence-corrected chi connectivity index (χ2v) is 7.14. The maximum Gasteiger partial charge on any atom is 0.268 e. The van der Waals surface area contributed by atoms with Gasteiger partial charge in [-0.1, -0.05) is 6.07 Å². The van der Waals surface area contributed by atoms with Crippen LogP contribution < -0.4 is 10.1 Å². The van der Waals surface area contributed by atoms with Crippen LogP contribution in [0.1, 0.15) is 22.6 Å². The minimum Gasteiger partial charge on any atom is -0.497 e. The molecular weight excluding hydrogens is 372 g/mol. The Kier molecular flexibility index (Phi) is 5.62. The van der Waals surface area contributed by atoms with E-state index in [0.717, 1.165) is 34.1 Å². The van der Waals surface area contributed by atoms with Crippen LogP contribution in [-0.2, 0) is 4.79 Å². The van der Waals surface area contributed by atoms with E-state index in [-0.39, 0.29) is 5.57 Å². The predicted octanol–water partition coefficient (Wildman–Crippen LogP) is 4.41. The van der Waals surface area contributed by atoms with Crippen molar-refractivity contribution >= 4 is 28.5 Å². The summed E-state index contributed by atoms with van der Waals surface area (Å²) in [5.74, 6) is 0.293. The summed E-state index contributed by atoms with van der Waals surface area (Å²) < 4.78 is 7.37. The van der Waals surface area contributed by atoms with Crippen molar-refractivity contribution in [2.24, 2.45) is 0 Å². The van der Waals surface area contributed by atoms with Gasteiger partial charge in [0.05, 0.1) is 12.8 Å². The van der Waals surface area contributed by atoms with Gasteiger partial charge in [0.25, 0.3) is 5.91 Å². The van der Waals surface area contributed by atoms with E-state index >= 15 is 0 Å². The lowest BCUT2D eigenvalue weighted by Crippen LogP contribution is -2.13. The van der Waals surface area contributed by atoms with Crippen LogP contribution in [0.4, 0.5) is 5.13 Å². The lowest BCUT2D eigenvalue weighted by Gasteiger charge is -2.11. The number of hydrogen-bond donors (Lipinski definition) is 1. The molecule has 28 heavy (non-hydrogen) atoms. The van der Waals surface area contributed by atoms with Crippen LogP contribution in [-0.4, -0.2) is 22.6 Å². The molecule has 2 heterocycles. The molecular formula is C21H20N4O2S. The molecule has 0 fully saturated rings. The molecule has 6 nitrogen and oxygen atoms in total. The van der Waals surface area contributed by atoms with Crippen LogP contribution in [0.25, 0.3) is 11.8 Å². The molecule has 0 saturated carbocycles. The zero-order valence-electron chi connectivity index (χ0n) is 16.1. The zero-order chi connectivity index (χ0) is 20.3. The molecule has 0 atom stereocenters. The summed E-state index contributed by atoms with van der Waals surface area (Å²) in [6.07, 6.45) is 1.61. The van der Waals surface area contributed by atoms with E-state index in [1.54, 1.807) is 13.2 Å². The van der Waals surface area contributed by atoms with E-state index in [2.05, 4.69) is 14.9 Å². The van der Waals surface area contributed by atoms with Crippen LogP contribution in [0.15, 0.2) is 41.3 Å². The molecule has 0 unspecified atom stereocenters. The Morgan fingerprint density at radius 1 is 1.32 bits per heavy atom. The number of methoxy groups -OCH3 is 1. The van der Waals surface area contributed by atoms with Gasteiger partial charge in [-0.2, -0.15) is 5.26 Å². The lowest BCUT2D eigenvalue weighted by atomic mass is 10.1. The highest BCUT2D eigenvalue weighted by molar-refractivity contribution is 7.13. The minimum atomic E-state index is -0.469. The first-order valence-corrected chi connectivity index (χ1v) is 9.49. The maximum absolute atomic E-state index is 12.5. The van der Waals surface area contributed by atoms with Crippen LogP contribution in [0, 0.1) is 32.1 Å². The fraction of sp³-hybridized carbons (Fsp3) is 0.190. The number of rotatable bonds is 5. The molecule has 2 aromatic heterocycles. The largest absolute Gasteiger partial charge is 0.497 e. The SMILES string of the molecule is COc1cccc(-n2c(C)cc(C=C(C#N)C(=O)Nc3nc(C)cs3)c2C)c1. The standard InChI is InChI=1S/C21H20N4O2S/c1-13-12-28-21(23-13)24-20(26)17(11-22)9-16-8-14(2)25(15(16)3)18-6-5-7-19(10-18)27-4/h5-10,12H,1-4H3,(H,23,24,26). The monoisotopic (exact) mass is 392 g/mol. The van der Waals surface area contributed by atoms with E-state index in [0.29, 0.717) is 5.13 Å². The molecule has 0 saturated heterocycles. The molecule has 1 aromatic carbocycles. The number of amides is 1. The summed E-state index contributed by atoms with van der Waals surface area (Å²) in [6.45, 7) is 5.78. The van der Waals surface area contributed by atoms with E-state index in [1.165, 1.54) is 11.3 Å². The topological polar surface area (TPSA) is 79.9 Å². The van der Waals surface area contributed by atoms with Gasteiger partial charge in [0.15, 0.2) is 5.13 Å². The van der Waals surface area contributed by atoms with E-state index in [9.17, 15) is 10.1 Å². The van der Waals surface area contributed by atoms with Gasteiger partial charge in [-0.15, -0.1) is 11.3 Å². The Labute approximate surface area is 167 Å². The third-order valence-corrected chi connectivity index (χ3v) is 5.16. The summed E-state index contributed by atoms with van der Waals surface area (Å²) in [4.78, 5) is 16.7. The Hall–Kier alpha value is -3.37. The number of hydrogen-bond acceptors (Lipinski definition) is 5. The highest BCUT2D eigenvalue weighted by atomic mass is 32.1. The van der Waals surface area contributed by atoms with E-state index in [4.69, 9.17) is 4.74 Å². The molecule has 1 amide bonds. The molecule has 0 bridgehead atoms. The van der Waals surface area contributed by atoms with Gasteiger partial charge < -0.3 is 9.30 Å². The van der Waals surface area contributed by atoms with Crippen LogP contribution in [0.2, 0.25) is 0 Å². The first kappa shape index (κ1) is 19.4. The maximum atomic E-state index is 12.5. The van der Waals surface area contributed by atoms with Gasteiger partial charge in [0, 0.05) is 28.5 Å². The molecule has 0 radical (unpaired) electrons. The molecule has 1 N–H and O–H groups in total. The van der Waals surface area contributed by atoms with Crippen LogP contribution >= 0.6 is 11.3 Å². The number of aryl methyl sites for hydroxylation is 2. The Balaban J connectivity index is 1.94. The number of benzene rings is 1. The van der Waals surface area contributed by atoms with Crippen molar-refractivity contribution in [2.75, 3.05) is 12.4 Å². The van der Waals surface area contributed by atoms with Crippen molar-refractivity contribution in [3.8, 4) is 17.5 Å². The molecule has 7 heteroatoms. The summed E-state index contributed by atoms with van der Waals surface area (Å²) in [5.41, 5.74) is 4.53. The van der Waals surface area contributed by atoms with E-state index in [1.807, 2.05) is 62.6 Å². The minimum absolute atomic E-state index is 0.0266. The third-order valence-electron chi connectivity index (χ3n) is 4.29. The van der Waals surface area contributed by atoms with Gasteiger partial charge in [0.2, 0.25) is 0 Å². The number of carbonyl (C=O) groups is 1. The normalized spacial score (nSPS) is 11.2. The van der Waals surface area contributed by atoms with Crippen molar-refractivity contribution in [1.29, 1.82) is 5.26 Å². The van der Waals surface area contributed by atoms with Crippen molar-refractivity contribution < 1.29 is 9.53 Å². The molecule has 142 valence electrons. The zero-order valence-corrected chi connectivity index (χ0v) is 16.9. The van der Waals surface area contributed by atoms with Crippen molar-refractivity contribution in [3.63, 3.8) is 0 Å². The number of nitrogens with zero attached hydrogens (tertiary/aromatic N) is 3. The smallest absolute Gasteiger partial charge is 0.268 e. The van der Waals surface area contributed by atoms with Crippen molar-refractivity contribution in [2.45, 2.75) is 20.8 Å². The molecule has 0 aliphatic carbocycles. The third kappa shape index (κ3) is 3.97. The highest BCUT2D eigenvalue weighted by Crippen LogP contribution is 2.25. The Morgan fingerprint density at radius 2 is 2.11 bits per heavy atom. The highest BCUT2D eigenvalue weighted by Gasteiger charge is 2.15. The number of ether oxygens (including phenoxy) is 1. The van der Waals surface area contributed by atoms with Crippen molar-refractivity contribution in [1.82, 2.24) is 9.55 Å². The van der Waals surface area contributed by atoms with Crippen molar-refractivity contribution in [3.05, 3.63) is 63.9 Å². The van der Waals surface area contributed by atoms with Crippen LogP contribution in [0.5, 0.6) is 5.75 Å². The summed E-state index contributed by atoms with van der Waals surface area (Å²) in [5, 5.41) is 14.5. The second-order valence-electron chi connectivity index (χ2n) is 6.28. The lowest BCUT2D eigenvalue weighted by molar-refractivity contribution is -0.112. The van der Waals surface area contributed by atoms with Gasteiger partial charge >= 0.3 is 0 Å². The van der Waals surface area contributed by atoms with Gasteiger partial charge in [-0.3, -0.25) is 10.1 Å². The predicted molar refractivity (Wildman–Crippen MR) is 111 cm³/mol. The summed E-state index contributed by atoms with van der Waals surface area (Å²) >= 11 is 1.33. The number of nitriles is 1. The average Bonchev–Trinajstić information content (AvgIpc) is 3.21. The number of anilines is 1. The summed E-state index contributed by atoms with van der Waals surface area (Å²) in [7, 11) is 1.63. The quantitative estimate of drug-likeness (QED) is 0.515. The number of nitrogens with one attached hydrogen (secondary N) is 1. The first-order valence-electron chi connectivity index (χ1n) is 8.61. The average molecular weight is 392 g/mol. The second kappa shape index (κ2) is 8.11. The Morgan fingerprint density at radius 3 is 2.75 bits per heavy atom. The van der Waals surface area contributed by atoms with Gasteiger partial charge in [0.1, 0.15) is 17.4 Å². The number of thiazole rings is 1. The number of aromatic nitrogens is 2. The molecule has 0 aliphatic heterocycles. The fourth-order valence-corrected chi connectivity index (χ4v) is 3.64. The molecule has 3 rings (SSSR count). The van der Waals surface area contributed by atoms with Crippen LogP contribution in [0.3, 0.4) is 0 Å². The van der Waals surface area contributed by atoms with E-state index < -0.39 is 5.91 Å². The number of carbonyl (C=O) groups excluding carboxylic acids is 1. The first-order chi connectivity index (χ1) is 13.4. The van der Waals surface area contributed by atoms with Gasteiger partial charge in [-0.05, 0) is 50.6 Å². The summed E-state index contributed by atoms with van der Waals surface area (Å²) in [6, 6.07) is 11.7. The molecule has 0 aliphatic rings. The molecule has 0 spiro atoms. The molecule has 3 aromatic rings. The Bertz CT molecular complexity index is 1100.